The van der Waals surface area contributed by atoms with Crippen molar-refractivity contribution in [2.45, 2.75) is 32.2 Å². The zero-order valence-electron chi connectivity index (χ0n) is 12.6. The van der Waals surface area contributed by atoms with Crippen molar-refractivity contribution in [2.24, 2.45) is 11.8 Å². The largest absolute Gasteiger partial charge is 0.313 e. The summed E-state index contributed by atoms with van der Waals surface area (Å²) in [6, 6.07) is 11.5. The summed E-state index contributed by atoms with van der Waals surface area (Å²) in [7, 11) is 4.31. The zero-order chi connectivity index (χ0) is 13.7. The molecule has 3 atom stereocenters. The first kappa shape index (κ1) is 14.5. The molecule has 1 fully saturated rings. The van der Waals surface area contributed by atoms with Crippen molar-refractivity contribution >= 4 is 0 Å². The predicted octanol–water partition coefficient (Wildman–Crippen LogP) is 2.80. The first-order chi connectivity index (χ1) is 9.15. The Balaban J connectivity index is 1.81. The Morgan fingerprint density at radius 3 is 2.53 bits per heavy atom. The molecule has 0 spiro atoms. The van der Waals surface area contributed by atoms with Gasteiger partial charge in [0.05, 0.1) is 0 Å². The van der Waals surface area contributed by atoms with Gasteiger partial charge < -0.3 is 10.2 Å². The van der Waals surface area contributed by atoms with Gasteiger partial charge in [0, 0.05) is 6.04 Å². The van der Waals surface area contributed by atoms with E-state index < -0.39 is 0 Å². The van der Waals surface area contributed by atoms with Crippen molar-refractivity contribution < 1.29 is 0 Å². The number of nitrogens with one attached hydrogen (secondary N) is 1. The van der Waals surface area contributed by atoms with E-state index in [4.69, 9.17) is 0 Å². The first-order valence-electron chi connectivity index (χ1n) is 7.57. The highest BCUT2D eigenvalue weighted by molar-refractivity contribution is 5.15. The molecular formula is C17H28N2. The third-order valence-electron chi connectivity index (χ3n) is 4.19. The lowest BCUT2D eigenvalue weighted by atomic mass is 10.0. The highest BCUT2D eigenvalue weighted by Gasteiger charge is 2.32. The maximum Gasteiger partial charge on any atom is 0.0120 e. The summed E-state index contributed by atoms with van der Waals surface area (Å²) in [5.41, 5.74) is 1.45. The van der Waals surface area contributed by atoms with Crippen LogP contribution in [0.25, 0.3) is 0 Å². The van der Waals surface area contributed by atoms with Gasteiger partial charge >= 0.3 is 0 Å². The van der Waals surface area contributed by atoms with Crippen LogP contribution in [0.4, 0.5) is 0 Å². The summed E-state index contributed by atoms with van der Waals surface area (Å²) in [4.78, 5) is 2.28. The van der Waals surface area contributed by atoms with Crippen LogP contribution in [0.1, 0.15) is 25.3 Å². The average molecular weight is 260 g/mol. The summed E-state index contributed by atoms with van der Waals surface area (Å²) < 4.78 is 0. The van der Waals surface area contributed by atoms with Crippen molar-refractivity contribution in [1.82, 2.24) is 10.2 Å². The molecule has 0 amide bonds. The lowest BCUT2D eigenvalue weighted by Gasteiger charge is -2.21. The molecule has 0 aromatic heterocycles. The molecule has 0 radical (unpaired) electrons. The van der Waals surface area contributed by atoms with Gasteiger partial charge in [-0.15, -0.1) is 0 Å². The molecule has 1 aromatic rings. The molecular weight excluding hydrogens is 232 g/mol. The predicted molar refractivity (Wildman–Crippen MR) is 82.4 cm³/mol. The van der Waals surface area contributed by atoms with E-state index in [1.54, 1.807) is 0 Å². The quantitative estimate of drug-likeness (QED) is 0.773. The van der Waals surface area contributed by atoms with Crippen molar-refractivity contribution in [2.75, 3.05) is 27.2 Å². The van der Waals surface area contributed by atoms with Gasteiger partial charge in [-0.3, -0.25) is 0 Å². The van der Waals surface area contributed by atoms with Crippen LogP contribution in [-0.4, -0.2) is 38.1 Å². The average Bonchev–Trinajstić information content (AvgIpc) is 3.10. The minimum atomic E-state index is 0.609. The Morgan fingerprint density at radius 2 is 1.95 bits per heavy atom. The Kier molecular flexibility index (Phi) is 5.41. The van der Waals surface area contributed by atoms with Crippen molar-refractivity contribution in [3.8, 4) is 0 Å². The topological polar surface area (TPSA) is 15.3 Å². The Morgan fingerprint density at radius 1 is 1.26 bits per heavy atom. The minimum Gasteiger partial charge on any atom is -0.313 e. The second-order valence-electron chi connectivity index (χ2n) is 6.36. The molecule has 2 nitrogen and oxygen atoms in total. The lowest BCUT2D eigenvalue weighted by molar-refractivity contribution is 0.353. The van der Waals surface area contributed by atoms with E-state index >= 15 is 0 Å². The zero-order valence-corrected chi connectivity index (χ0v) is 12.6. The summed E-state index contributed by atoms with van der Waals surface area (Å²) in [6.07, 6.45) is 3.79. The summed E-state index contributed by atoms with van der Waals surface area (Å²) in [6.45, 7) is 4.72. The molecule has 2 rings (SSSR count). The second-order valence-corrected chi connectivity index (χ2v) is 6.36. The third-order valence-corrected chi connectivity index (χ3v) is 4.19. The molecule has 3 unspecified atom stereocenters. The molecule has 0 aliphatic heterocycles. The van der Waals surface area contributed by atoms with E-state index in [9.17, 15) is 0 Å². The van der Waals surface area contributed by atoms with Crippen LogP contribution in [0, 0.1) is 11.8 Å². The minimum absolute atomic E-state index is 0.609. The molecule has 0 bridgehead atoms. The first-order valence-corrected chi connectivity index (χ1v) is 7.57. The molecule has 0 heterocycles. The highest BCUT2D eigenvalue weighted by atomic mass is 15.1. The number of rotatable bonds is 8. The Hall–Kier alpha value is -0.860. The van der Waals surface area contributed by atoms with Crippen LogP contribution >= 0.6 is 0 Å². The second kappa shape index (κ2) is 7.06. The maximum atomic E-state index is 3.79. The summed E-state index contributed by atoms with van der Waals surface area (Å²) >= 11 is 0. The summed E-state index contributed by atoms with van der Waals surface area (Å²) in [5.74, 6) is 1.87. The van der Waals surface area contributed by atoms with E-state index in [0.29, 0.717) is 6.04 Å². The van der Waals surface area contributed by atoms with Gasteiger partial charge in [-0.2, -0.15) is 0 Å². The molecule has 19 heavy (non-hydrogen) atoms. The maximum absolute atomic E-state index is 3.79. The highest BCUT2D eigenvalue weighted by Crippen LogP contribution is 2.36. The molecule has 1 aliphatic rings. The van der Waals surface area contributed by atoms with Gasteiger partial charge in [0.2, 0.25) is 0 Å². The normalized spacial score (nSPS) is 23.6. The van der Waals surface area contributed by atoms with Gasteiger partial charge in [-0.05, 0) is 63.8 Å². The van der Waals surface area contributed by atoms with Gasteiger partial charge in [-0.1, -0.05) is 37.3 Å². The monoisotopic (exact) mass is 260 g/mol. The third kappa shape index (κ3) is 5.33. The fraction of sp³-hybridized carbons (Fsp3) is 0.647. The Bertz CT molecular complexity index is 361. The lowest BCUT2D eigenvalue weighted by Crippen LogP contribution is -2.35. The number of benzene rings is 1. The van der Waals surface area contributed by atoms with Crippen molar-refractivity contribution in [1.29, 1.82) is 0 Å². The molecule has 2 heteroatoms. The van der Waals surface area contributed by atoms with Crippen LogP contribution < -0.4 is 5.32 Å². The van der Waals surface area contributed by atoms with E-state index in [0.717, 1.165) is 24.8 Å². The molecule has 1 N–H and O–H groups in total. The molecule has 1 aliphatic carbocycles. The van der Waals surface area contributed by atoms with Gasteiger partial charge in [-0.25, -0.2) is 0 Å². The van der Waals surface area contributed by atoms with Crippen LogP contribution in [-0.2, 0) is 6.42 Å². The van der Waals surface area contributed by atoms with Crippen LogP contribution in [0.5, 0.6) is 0 Å². The van der Waals surface area contributed by atoms with Crippen molar-refractivity contribution in [3.63, 3.8) is 0 Å². The van der Waals surface area contributed by atoms with Crippen LogP contribution in [0.2, 0.25) is 0 Å². The number of nitrogens with zero attached hydrogens (tertiary/aromatic N) is 1. The Labute approximate surface area is 118 Å². The van der Waals surface area contributed by atoms with Gasteiger partial charge in [0.25, 0.3) is 0 Å². The fourth-order valence-corrected chi connectivity index (χ4v) is 2.59. The van der Waals surface area contributed by atoms with E-state index in [-0.39, 0.29) is 0 Å². The standard InChI is InChI=1S/C17H28N2/c1-14-11-16(14)13-18-17(9-10-19(2)3)12-15-7-5-4-6-8-15/h4-8,14,16-18H,9-13H2,1-3H3. The van der Waals surface area contributed by atoms with Crippen molar-refractivity contribution in [3.05, 3.63) is 35.9 Å². The molecule has 1 saturated carbocycles. The van der Waals surface area contributed by atoms with Gasteiger partial charge in [0.15, 0.2) is 0 Å². The van der Waals surface area contributed by atoms with E-state index in [1.165, 1.54) is 24.9 Å². The van der Waals surface area contributed by atoms with Crippen LogP contribution in [0.15, 0.2) is 30.3 Å². The van der Waals surface area contributed by atoms with Gasteiger partial charge in [0.1, 0.15) is 0 Å². The molecule has 106 valence electrons. The van der Waals surface area contributed by atoms with Crippen LogP contribution in [0.3, 0.4) is 0 Å². The SMILES string of the molecule is CC1CC1CNC(CCN(C)C)Cc1ccccc1. The molecule has 0 saturated heterocycles. The fourth-order valence-electron chi connectivity index (χ4n) is 2.59. The van der Waals surface area contributed by atoms with E-state index in [2.05, 4.69) is 61.6 Å². The molecule has 1 aromatic carbocycles. The smallest absolute Gasteiger partial charge is 0.0120 e. The number of hydrogen-bond donors (Lipinski definition) is 1. The summed E-state index contributed by atoms with van der Waals surface area (Å²) in [5, 5.41) is 3.79. The van der Waals surface area contributed by atoms with E-state index in [1.807, 2.05) is 0 Å². The number of hydrogen-bond acceptors (Lipinski definition) is 2.